The fourth-order valence-electron chi connectivity index (χ4n) is 1.99. The van der Waals surface area contributed by atoms with Crippen LogP contribution in [0.2, 0.25) is 0 Å². The molecule has 1 saturated carbocycles. The van der Waals surface area contributed by atoms with Crippen LogP contribution in [0.4, 0.5) is 8.78 Å². The van der Waals surface area contributed by atoms with Crippen LogP contribution in [0.15, 0.2) is 0 Å². The highest BCUT2D eigenvalue weighted by Gasteiger charge is 2.37. The summed E-state index contributed by atoms with van der Waals surface area (Å²) in [5.41, 5.74) is 5.98. The third kappa shape index (κ3) is 2.89. The van der Waals surface area contributed by atoms with Gasteiger partial charge in [0.2, 0.25) is 0 Å². The lowest BCUT2D eigenvalue weighted by molar-refractivity contribution is -0.0662. The Morgan fingerprint density at radius 3 is 2.71 bits per heavy atom. The van der Waals surface area contributed by atoms with Crippen LogP contribution in [0.25, 0.3) is 0 Å². The van der Waals surface area contributed by atoms with Gasteiger partial charge in [-0.2, -0.15) is 0 Å². The van der Waals surface area contributed by atoms with Crippen molar-refractivity contribution in [2.45, 2.75) is 51.7 Å². The van der Waals surface area contributed by atoms with Crippen molar-refractivity contribution in [3.63, 3.8) is 0 Å². The molecule has 0 saturated heterocycles. The Bertz CT molecular complexity index is 185. The SMILES string of the molecule is CC1(C)CCCC(OCC(F)F)C1N. The van der Waals surface area contributed by atoms with Crippen molar-refractivity contribution in [2.75, 3.05) is 6.61 Å². The molecule has 0 heterocycles. The Morgan fingerprint density at radius 1 is 1.50 bits per heavy atom. The molecule has 0 aromatic heterocycles. The summed E-state index contributed by atoms with van der Waals surface area (Å²) < 4.78 is 29.0. The minimum Gasteiger partial charge on any atom is -0.371 e. The highest BCUT2D eigenvalue weighted by Crippen LogP contribution is 2.35. The van der Waals surface area contributed by atoms with Crippen LogP contribution >= 0.6 is 0 Å². The first-order valence-corrected chi connectivity index (χ1v) is 5.09. The number of alkyl halides is 2. The summed E-state index contributed by atoms with van der Waals surface area (Å²) in [5, 5.41) is 0. The van der Waals surface area contributed by atoms with Crippen LogP contribution < -0.4 is 5.73 Å². The lowest BCUT2D eigenvalue weighted by Gasteiger charge is -2.41. The number of halogens is 2. The van der Waals surface area contributed by atoms with Gasteiger partial charge in [-0.05, 0) is 18.3 Å². The molecule has 2 nitrogen and oxygen atoms in total. The second-order valence-electron chi connectivity index (χ2n) is 4.67. The van der Waals surface area contributed by atoms with Crippen LogP contribution in [-0.2, 0) is 4.74 Å². The monoisotopic (exact) mass is 207 g/mol. The molecular weight excluding hydrogens is 188 g/mol. The summed E-state index contributed by atoms with van der Waals surface area (Å²) >= 11 is 0. The second kappa shape index (κ2) is 4.53. The zero-order valence-corrected chi connectivity index (χ0v) is 8.80. The maximum Gasteiger partial charge on any atom is 0.261 e. The van der Waals surface area contributed by atoms with E-state index < -0.39 is 13.0 Å². The number of hydrogen-bond acceptors (Lipinski definition) is 2. The van der Waals surface area contributed by atoms with E-state index in [9.17, 15) is 8.78 Å². The van der Waals surface area contributed by atoms with Gasteiger partial charge in [0.25, 0.3) is 6.43 Å². The van der Waals surface area contributed by atoms with E-state index in [1.165, 1.54) is 0 Å². The standard InChI is InChI=1S/C10H19F2NO/c1-10(2)5-3-4-7(9(10)13)14-6-8(11)12/h7-9H,3-6,13H2,1-2H3. The molecule has 0 spiro atoms. The molecule has 14 heavy (non-hydrogen) atoms. The summed E-state index contributed by atoms with van der Waals surface area (Å²) in [6.07, 6.45) is 0.259. The zero-order chi connectivity index (χ0) is 10.8. The van der Waals surface area contributed by atoms with Crippen molar-refractivity contribution in [1.82, 2.24) is 0 Å². The molecule has 2 N–H and O–H groups in total. The maximum atomic E-state index is 11.9. The van der Waals surface area contributed by atoms with Gasteiger partial charge in [0.15, 0.2) is 0 Å². The summed E-state index contributed by atoms with van der Waals surface area (Å²) in [5.74, 6) is 0. The van der Waals surface area contributed by atoms with Crippen LogP contribution in [0.1, 0.15) is 33.1 Å². The van der Waals surface area contributed by atoms with Gasteiger partial charge in [-0.15, -0.1) is 0 Å². The first-order valence-electron chi connectivity index (χ1n) is 5.09. The average Bonchev–Trinajstić information content (AvgIpc) is 2.07. The zero-order valence-electron chi connectivity index (χ0n) is 8.80. The molecule has 1 aliphatic carbocycles. The molecule has 0 aliphatic heterocycles. The van der Waals surface area contributed by atoms with Gasteiger partial charge >= 0.3 is 0 Å². The first-order chi connectivity index (χ1) is 6.43. The Hall–Kier alpha value is -0.220. The summed E-state index contributed by atoms with van der Waals surface area (Å²) in [4.78, 5) is 0. The van der Waals surface area contributed by atoms with E-state index in [1.807, 2.05) is 0 Å². The third-order valence-electron chi connectivity index (χ3n) is 3.05. The van der Waals surface area contributed by atoms with Gasteiger partial charge in [0.05, 0.1) is 6.10 Å². The average molecular weight is 207 g/mol. The normalized spacial score (nSPS) is 32.1. The van der Waals surface area contributed by atoms with Crippen LogP contribution in [0.3, 0.4) is 0 Å². The van der Waals surface area contributed by atoms with E-state index in [4.69, 9.17) is 10.5 Å². The van der Waals surface area contributed by atoms with Crippen molar-refractivity contribution in [1.29, 1.82) is 0 Å². The van der Waals surface area contributed by atoms with Crippen molar-refractivity contribution in [2.24, 2.45) is 11.1 Å². The van der Waals surface area contributed by atoms with Gasteiger partial charge in [-0.1, -0.05) is 20.3 Å². The van der Waals surface area contributed by atoms with Crippen LogP contribution in [0.5, 0.6) is 0 Å². The topological polar surface area (TPSA) is 35.2 Å². The molecule has 0 aromatic carbocycles. The molecule has 0 amide bonds. The fraction of sp³-hybridized carbons (Fsp3) is 1.00. The largest absolute Gasteiger partial charge is 0.371 e. The van der Waals surface area contributed by atoms with Gasteiger partial charge in [-0.25, -0.2) is 8.78 Å². The molecule has 1 aliphatic rings. The Labute approximate surface area is 83.8 Å². The van der Waals surface area contributed by atoms with E-state index in [-0.39, 0.29) is 17.6 Å². The Balaban J connectivity index is 2.44. The lowest BCUT2D eigenvalue weighted by atomic mass is 9.72. The van der Waals surface area contributed by atoms with Gasteiger partial charge in [0, 0.05) is 6.04 Å². The highest BCUT2D eigenvalue weighted by molar-refractivity contribution is 4.92. The molecule has 0 aromatic rings. The van der Waals surface area contributed by atoms with Gasteiger partial charge in [-0.3, -0.25) is 0 Å². The molecule has 1 rings (SSSR count). The first kappa shape index (κ1) is 11.9. The van der Waals surface area contributed by atoms with Crippen molar-refractivity contribution < 1.29 is 13.5 Å². The predicted molar refractivity (Wildman–Crippen MR) is 51.4 cm³/mol. The molecule has 84 valence electrons. The minimum atomic E-state index is -2.40. The van der Waals surface area contributed by atoms with E-state index in [0.717, 1.165) is 19.3 Å². The third-order valence-corrected chi connectivity index (χ3v) is 3.05. The van der Waals surface area contributed by atoms with Crippen molar-refractivity contribution >= 4 is 0 Å². The van der Waals surface area contributed by atoms with Crippen molar-refractivity contribution in [3.05, 3.63) is 0 Å². The fourth-order valence-corrected chi connectivity index (χ4v) is 1.99. The second-order valence-corrected chi connectivity index (χ2v) is 4.67. The number of hydrogen-bond donors (Lipinski definition) is 1. The van der Waals surface area contributed by atoms with E-state index in [2.05, 4.69) is 13.8 Å². The Morgan fingerprint density at radius 2 is 2.14 bits per heavy atom. The molecular formula is C10H19F2NO. The molecule has 0 bridgehead atoms. The highest BCUT2D eigenvalue weighted by atomic mass is 19.3. The van der Waals surface area contributed by atoms with E-state index in [1.54, 1.807) is 0 Å². The minimum absolute atomic E-state index is 0.00500. The summed E-state index contributed by atoms with van der Waals surface area (Å²) in [6.45, 7) is 3.64. The van der Waals surface area contributed by atoms with Crippen LogP contribution in [0, 0.1) is 5.41 Å². The molecule has 2 atom stereocenters. The molecule has 1 fully saturated rings. The van der Waals surface area contributed by atoms with Crippen LogP contribution in [-0.4, -0.2) is 25.2 Å². The van der Waals surface area contributed by atoms with Crippen molar-refractivity contribution in [3.8, 4) is 0 Å². The quantitative estimate of drug-likeness (QED) is 0.769. The predicted octanol–water partition coefficient (Wildman–Crippen LogP) is 2.17. The number of ether oxygens (including phenoxy) is 1. The number of rotatable bonds is 3. The molecule has 2 unspecified atom stereocenters. The van der Waals surface area contributed by atoms with E-state index in [0.29, 0.717) is 0 Å². The molecule has 4 heteroatoms. The summed E-state index contributed by atoms with van der Waals surface area (Å²) in [6, 6.07) is -0.130. The lowest BCUT2D eigenvalue weighted by Crippen LogP contribution is -2.50. The molecule has 0 radical (unpaired) electrons. The number of nitrogens with two attached hydrogens (primary N) is 1. The van der Waals surface area contributed by atoms with Gasteiger partial charge in [0.1, 0.15) is 6.61 Å². The van der Waals surface area contributed by atoms with Gasteiger partial charge < -0.3 is 10.5 Å². The summed E-state index contributed by atoms with van der Waals surface area (Å²) in [7, 11) is 0. The smallest absolute Gasteiger partial charge is 0.261 e. The Kier molecular flexibility index (Phi) is 3.84. The maximum absolute atomic E-state index is 11.9. The van der Waals surface area contributed by atoms with E-state index >= 15 is 0 Å².